The van der Waals surface area contributed by atoms with Crippen LogP contribution in [0.3, 0.4) is 0 Å². The van der Waals surface area contributed by atoms with Gasteiger partial charge in [0.05, 0.1) is 0 Å². The maximum absolute atomic E-state index is 5.79. The smallest absolute Gasteiger partial charge is 0.154 e. The number of rotatable bonds is 4. The predicted molar refractivity (Wildman–Crippen MR) is 77.7 cm³/mol. The molecular weight excluding hydrogens is 316 g/mol. The highest BCUT2D eigenvalue weighted by atomic mass is 79.9. The largest absolute Gasteiger partial charge is 0.328 e. The van der Waals surface area contributed by atoms with Gasteiger partial charge in [0.15, 0.2) is 4.34 Å². The molecule has 2 N–H and O–H groups in total. The van der Waals surface area contributed by atoms with Gasteiger partial charge in [0.25, 0.3) is 0 Å². The maximum Gasteiger partial charge on any atom is 0.154 e. The number of thiazole rings is 1. The minimum Gasteiger partial charge on any atom is -0.328 e. The van der Waals surface area contributed by atoms with Crippen LogP contribution in [0.2, 0.25) is 0 Å². The van der Waals surface area contributed by atoms with Gasteiger partial charge >= 0.3 is 0 Å². The van der Waals surface area contributed by atoms with Crippen LogP contribution >= 0.6 is 39.0 Å². The van der Waals surface area contributed by atoms with Gasteiger partial charge in [0, 0.05) is 27.0 Å². The highest BCUT2D eigenvalue weighted by Crippen LogP contribution is 2.35. The van der Waals surface area contributed by atoms with Crippen LogP contribution in [0.1, 0.15) is 12.5 Å². The Balaban J connectivity index is 2.14. The first-order chi connectivity index (χ1) is 8.15. The van der Waals surface area contributed by atoms with E-state index >= 15 is 0 Å². The lowest BCUT2D eigenvalue weighted by Gasteiger charge is -2.08. The van der Waals surface area contributed by atoms with Crippen molar-refractivity contribution in [2.75, 3.05) is 0 Å². The van der Waals surface area contributed by atoms with Crippen molar-refractivity contribution in [1.82, 2.24) is 4.98 Å². The molecule has 2 rings (SSSR count). The molecule has 0 aliphatic carbocycles. The first-order valence-electron chi connectivity index (χ1n) is 5.26. The Morgan fingerprint density at radius 2 is 2.35 bits per heavy atom. The fourth-order valence-corrected chi connectivity index (χ4v) is 3.73. The van der Waals surface area contributed by atoms with E-state index < -0.39 is 0 Å². The number of benzene rings is 1. The molecule has 0 amide bonds. The van der Waals surface area contributed by atoms with Crippen molar-refractivity contribution in [3.05, 3.63) is 39.8 Å². The predicted octanol–water partition coefficient (Wildman–Crippen LogP) is 3.95. The van der Waals surface area contributed by atoms with E-state index in [0.717, 1.165) is 15.2 Å². The molecule has 90 valence electrons. The van der Waals surface area contributed by atoms with Gasteiger partial charge in [0.1, 0.15) is 0 Å². The van der Waals surface area contributed by atoms with Crippen LogP contribution in [0, 0.1) is 0 Å². The van der Waals surface area contributed by atoms with Crippen molar-refractivity contribution >= 4 is 39.0 Å². The monoisotopic (exact) mass is 328 g/mol. The van der Waals surface area contributed by atoms with Crippen LogP contribution in [-0.4, -0.2) is 11.0 Å². The molecule has 1 heterocycles. The van der Waals surface area contributed by atoms with Gasteiger partial charge in [-0.15, -0.1) is 11.3 Å². The molecule has 0 fully saturated rings. The van der Waals surface area contributed by atoms with Crippen LogP contribution in [0.15, 0.2) is 43.5 Å². The summed E-state index contributed by atoms with van der Waals surface area (Å²) in [5.41, 5.74) is 7.05. The van der Waals surface area contributed by atoms with E-state index in [1.807, 2.05) is 18.5 Å². The fourth-order valence-electron chi connectivity index (χ4n) is 1.48. The number of nitrogens with zero attached hydrogens (tertiary/aromatic N) is 1. The molecule has 0 radical (unpaired) electrons. The Labute approximate surface area is 118 Å². The second-order valence-electron chi connectivity index (χ2n) is 3.85. The molecule has 2 nitrogen and oxygen atoms in total. The van der Waals surface area contributed by atoms with E-state index in [0.29, 0.717) is 0 Å². The standard InChI is InChI=1S/C12H13BrN2S2/c1-8(14)6-9-2-3-11(10(13)7-9)17-12-15-4-5-16-12/h2-5,7-8H,6,14H2,1H3. The van der Waals surface area contributed by atoms with Crippen molar-refractivity contribution in [3.63, 3.8) is 0 Å². The molecule has 2 aromatic rings. The average Bonchev–Trinajstić information content (AvgIpc) is 2.74. The highest BCUT2D eigenvalue weighted by molar-refractivity contribution is 9.10. The van der Waals surface area contributed by atoms with Crippen molar-refractivity contribution in [3.8, 4) is 0 Å². The van der Waals surface area contributed by atoms with Crippen LogP contribution in [0.5, 0.6) is 0 Å². The van der Waals surface area contributed by atoms with E-state index in [-0.39, 0.29) is 6.04 Å². The number of aromatic nitrogens is 1. The fraction of sp³-hybridized carbons (Fsp3) is 0.250. The molecule has 1 unspecified atom stereocenters. The summed E-state index contributed by atoms with van der Waals surface area (Å²) >= 11 is 6.93. The van der Waals surface area contributed by atoms with Crippen LogP contribution < -0.4 is 5.73 Å². The molecule has 0 saturated carbocycles. The maximum atomic E-state index is 5.79. The summed E-state index contributed by atoms with van der Waals surface area (Å²) < 4.78 is 2.17. The number of hydrogen-bond acceptors (Lipinski definition) is 4. The first-order valence-corrected chi connectivity index (χ1v) is 7.75. The number of halogens is 1. The van der Waals surface area contributed by atoms with Gasteiger partial charge in [-0.05, 0) is 47.0 Å². The van der Waals surface area contributed by atoms with E-state index in [2.05, 4.69) is 39.1 Å². The van der Waals surface area contributed by atoms with Crippen molar-refractivity contribution in [2.45, 2.75) is 28.6 Å². The van der Waals surface area contributed by atoms with E-state index in [1.54, 1.807) is 23.1 Å². The molecule has 17 heavy (non-hydrogen) atoms. The third kappa shape index (κ3) is 3.81. The Bertz CT molecular complexity index is 483. The molecule has 1 aromatic carbocycles. The molecule has 5 heteroatoms. The number of nitrogens with two attached hydrogens (primary N) is 1. The third-order valence-corrected chi connectivity index (χ3v) is 5.04. The third-order valence-electron chi connectivity index (χ3n) is 2.16. The van der Waals surface area contributed by atoms with Crippen LogP contribution in [0.4, 0.5) is 0 Å². The minimum atomic E-state index is 0.194. The topological polar surface area (TPSA) is 38.9 Å². The normalized spacial score (nSPS) is 12.6. The minimum absolute atomic E-state index is 0.194. The molecule has 0 spiro atoms. The second-order valence-corrected chi connectivity index (χ2v) is 6.88. The van der Waals surface area contributed by atoms with E-state index in [1.165, 1.54) is 10.5 Å². The zero-order valence-corrected chi connectivity index (χ0v) is 12.6. The summed E-state index contributed by atoms with van der Waals surface area (Å²) in [6.45, 7) is 2.02. The molecule has 0 aliphatic rings. The Morgan fingerprint density at radius 1 is 1.53 bits per heavy atom. The lowest BCUT2D eigenvalue weighted by atomic mass is 10.1. The Hall–Kier alpha value is -0.360. The molecule has 0 saturated heterocycles. The molecule has 1 atom stereocenters. The van der Waals surface area contributed by atoms with Crippen molar-refractivity contribution < 1.29 is 0 Å². The van der Waals surface area contributed by atoms with E-state index in [4.69, 9.17) is 5.73 Å². The molecule has 0 aliphatic heterocycles. The van der Waals surface area contributed by atoms with Gasteiger partial charge in [-0.2, -0.15) is 0 Å². The van der Waals surface area contributed by atoms with Gasteiger partial charge in [-0.3, -0.25) is 0 Å². The van der Waals surface area contributed by atoms with Gasteiger partial charge in [-0.1, -0.05) is 17.8 Å². The lowest BCUT2D eigenvalue weighted by Crippen LogP contribution is -2.17. The van der Waals surface area contributed by atoms with Crippen molar-refractivity contribution in [1.29, 1.82) is 0 Å². The first kappa shape index (κ1) is 13.1. The van der Waals surface area contributed by atoms with Crippen LogP contribution in [0.25, 0.3) is 0 Å². The van der Waals surface area contributed by atoms with Crippen molar-refractivity contribution in [2.24, 2.45) is 5.73 Å². The summed E-state index contributed by atoms with van der Waals surface area (Å²) in [5, 5.41) is 1.99. The van der Waals surface area contributed by atoms with Gasteiger partial charge in [0.2, 0.25) is 0 Å². The van der Waals surface area contributed by atoms with Crippen LogP contribution in [-0.2, 0) is 6.42 Å². The Morgan fingerprint density at radius 3 is 2.94 bits per heavy atom. The summed E-state index contributed by atoms with van der Waals surface area (Å²) in [4.78, 5) is 5.45. The summed E-state index contributed by atoms with van der Waals surface area (Å²) in [6.07, 6.45) is 2.73. The molecule has 1 aromatic heterocycles. The second kappa shape index (κ2) is 6.00. The zero-order chi connectivity index (χ0) is 12.3. The lowest BCUT2D eigenvalue weighted by molar-refractivity contribution is 0.737. The molecule has 0 bridgehead atoms. The van der Waals surface area contributed by atoms with E-state index in [9.17, 15) is 0 Å². The number of hydrogen-bond donors (Lipinski definition) is 1. The SMILES string of the molecule is CC(N)Cc1ccc(Sc2nccs2)c(Br)c1. The van der Waals surface area contributed by atoms with Gasteiger partial charge < -0.3 is 5.73 Å². The summed E-state index contributed by atoms with van der Waals surface area (Å²) in [6, 6.07) is 6.58. The summed E-state index contributed by atoms with van der Waals surface area (Å²) in [7, 11) is 0. The zero-order valence-electron chi connectivity index (χ0n) is 9.39. The Kier molecular flexibility index (Phi) is 4.62. The average molecular weight is 329 g/mol. The van der Waals surface area contributed by atoms with Gasteiger partial charge in [-0.25, -0.2) is 4.98 Å². The summed E-state index contributed by atoms with van der Waals surface area (Å²) in [5.74, 6) is 0. The molecular formula is C12H13BrN2S2. The highest BCUT2D eigenvalue weighted by Gasteiger charge is 2.06. The quantitative estimate of drug-likeness (QED) is 0.923.